The number of fused-ring (bicyclic) bond motifs is 3. The first kappa shape index (κ1) is 13.8. The maximum Gasteiger partial charge on any atom is 0.319 e. The molecule has 3 rings (SSSR count). The molecule has 7 heteroatoms. The number of aromatic nitrogens is 4. The van der Waals surface area contributed by atoms with Crippen molar-refractivity contribution in [1.29, 1.82) is 0 Å². The van der Waals surface area contributed by atoms with Crippen LogP contribution in [0.15, 0.2) is 29.4 Å². The van der Waals surface area contributed by atoms with Crippen LogP contribution < -0.4 is 0 Å². The third kappa shape index (κ3) is 2.69. The highest BCUT2D eigenvalue weighted by molar-refractivity contribution is 8.00. The van der Waals surface area contributed by atoms with Gasteiger partial charge in [-0.1, -0.05) is 30.0 Å². The standard InChI is InChI=1S/C14H14N4O2S/c1-3-20-13(19)8(2)21-14-16-12-11(17-18-14)9-6-4-5-7-10(9)15-12/h4-8H,3H2,1-2H3,(H,15,16,18). The van der Waals surface area contributed by atoms with Crippen molar-refractivity contribution in [2.45, 2.75) is 24.3 Å². The second kappa shape index (κ2) is 5.69. The largest absolute Gasteiger partial charge is 0.465 e. The van der Waals surface area contributed by atoms with Crippen molar-refractivity contribution in [2.24, 2.45) is 0 Å². The quantitative estimate of drug-likeness (QED) is 0.589. The number of ether oxygens (including phenoxy) is 1. The lowest BCUT2D eigenvalue weighted by Gasteiger charge is -2.08. The number of aromatic amines is 1. The molecule has 3 aromatic rings. The summed E-state index contributed by atoms with van der Waals surface area (Å²) in [6, 6.07) is 7.83. The van der Waals surface area contributed by atoms with E-state index in [1.165, 1.54) is 11.8 Å². The molecule has 0 aliphatic carbocycles. The van der Waals surface area contributed by atoms with E-state index in [0.717, 1.165) is 16.4 Å². The molecule has 1 N–H and O–H groups in total. The molecular weight excluding hydrogens is 288 g/mol. The Morgan fingerprint density at radius 1 is 1.38 bits per heavy atom. The molecule has 108 valence electrons. The number of nitrogens with one attached hydrogen (secondary N) is 1. The van der Waals surface area contributed by atoms with Crippen LogP contribution in [0.25, 0.3) is 22.1 Å². The van der Waals surface area contributed by atoms with E-state index in [2.05, 4.69) is 20.2 Å². The van der Waals surface area contributed by atoms with E-state index >= 15 is 0 Å². The number of esters is 1. The summed E-state index contributed by atoms with van der Waals surface area (Å²) in [4.78, 5) is 19.2. The van der Waals surface area contributed by atoms with Gasteiger partial charge in [0.2, 0.25) is 5.16 Å². The molecule has 0 fully saturated rings. The Kier molecular flexibility index (Phi) is 3.74. The number of H-pyrrole nitrogens is 1. The third-order valence-corrected chi connectivity index (χ3v) is 3.93. The number of benzene rings is 1. The van der Waals surface area contributed by atoms with Crippen molar-refractivity contribution in [1.82, 2.24) is 20.2 Å². The Hall–Kier alpha value is -2.15. The minimum atomic E-state index is -0.367. The van der Waals surface area contributed by atoms with Gasteiger partial charge >= 0.3 is 5.97 Å². The zero-order valence-electron chi connectivity index (χ0n) is 11.7. The first-order valence-electron chi connectivity index (χ1n) is 6.63. The summed E-state index contributed by atoms with van der Waals surface area (Å²) in [6.45, 7) is 3.91. The lowest BCUT2D eigenvalue weighted by Crippen LogP contribution is -2.17. The number of carbonyl (C=O) groups excluding carboxylic acids is 1. The molecule has 0 radical (unpaired) electrons. The summed E-state index contributed by atoms with van der Waals surface area (Å²) in [5.41, 5.74) is 2.37. The summed E-state index contributed by atoms with van der Waals surface area (Å²) in [5.74, 6) is -0.275. The van der Waals surface area contributed by atoms with Crippen LogP contribution in [-0.2, 0) is 9.53 Å². The maximum atomic E-state index is 11.6. The number of nitrogens with zero attached hydrogens (tertiary/aromatic N) is 3. The molecule has 0 amide bonds. The monoisotopic (exact) mass is 302 g/mol. The Balaban J connectivity index is 1.91. The van der Waals surface area contributed by atoms with Crippen molar-refractivity contribution in [3.05, 3.63) is 24.3 Å². The fourth-order valence-corrected chi connectivity index (χ4v) is 2.73. The second-order valence-corrected chi connectivity index (χ2v) is 5.78. The molecule has 0 saturated heterocycles. The normalized spacial score (nSPS) is 12.7. The molecule has 6 nitrogen and oxygen atoms in total. The van der Waals surface area contributed by atoms with Crippen LogP contribution in [0.4, 0.5) is 0 Å². The van der Waals surface area contributed by atoms with Gasteiger partial charge in [-0.2, -0.15) is 0 Å². The van der Waals surface area contributed by atoms with Crippen LogP contribution >= 0.6 is 11.8 Å². The molecule has 2 heterocycles. The molecule has 0 bridgehead atoms. The van der Waals surface area contributed by atoms with Crippen LogP contribution in [0, 0.1) is 0 Å². The minimum Gasteiger partial charge on any atom is -0.465 e. The van der Waals surface area contributed by atoms with E-state index < -0.39 is 0 Å². The van der Waals surface area contributed by atoms with Crippen LogP contribution in [0.2, 0.25) is 0 Å². The number of thioether (sulfide) groups is 1. The van der Waals surface area contributed by atoms with Gasteiger partial charge in [0.1, 0.15) is 10.8 Å². The number of hydrogen-bond donors (Lipinski definition) is 1. The van der Waals surface area contributed by atoms with E-state index in [1.54, 1.807) is 13.8 Å². The van der Waals surface area contributed by atoms with Crippen molar-refractivity contribution < 1.29 is 9.53 Å². The van der Waals surface area contributed by atoms with Crippen LogP contribution in [-0.4, -0.2) is 38.0 Å². The summed E-state index contributed by atoms with van der Waals surface area (Å²) in [6.07, 6.45) is 0. The zero-order valence-corrected chi connectivity index (χ0v) is 12.5. The molecule has 1 atom stereocenters. The average molecular weight is 302 g/mol. The fourth-order valence-electron chi connectivity index (χ4n) is 2.02. The Bertz CT molecular complexity index is 802. The summed E-state index contributed by atoms with van der Waals surface area (Å²) < 4.78 is 4.97. The Labute approximate surface area is 125 Å². The van der Waals surface area contributed by atoms with Crippen LogP contribution in [0.1, 0.15) is 13.8 Å². The molecule has 21 heavy (non-hydrogen) atoms. The molecule has 0 aliphatic heterocycles. The third-order valence-electron chi connectivity index (χ3n) is 3.00. The van der Waals surface area contributed by atoms with Gasteiger partial charge in [-0.25, -0.2) is 4.98 Å². The topological polar surface area (TPSA) is 80.8 Å². The van der Waals surface area contributed by atoms with E-state index in [4.69, 9.17) is 4.74 Å². The maximum absolute atomic E-state index is 11.6. The Morgan fingerprint density at radius 3 is 3.00 bits per heavy atom. The molecule has 0 spiro atoms. The lowest BCUT2D eigenvalue weighted by molar-refractivity contribution is -0.142. The van der Waals surface area contributed by atoms with Gasteiger partial charge in [0.15, 0.2) is 5.65 Å². The SMILES string of the molecule is CCOC(=O)C(C)Sc1nnc2c(n1)[nH]c1ccccc12. The van der Waals surface area contributed by atoms with Crippen molar-refractivity contribution >= 4 is 39.8 Å². The predicted molar refractivity (Wildman–Crippen MR) is 81.1 cm³/mol. The summed E-state index contributed by atoms with van der Waals surface area (Å²) >= 11 is 1.24. The lowest BCUT2D eigenvalue weighted by atomic mass is 10.2. The van der Waals surface area contributed by atoms with Crippen molar-refractivity contribution in [3.8, 4) is 0 Å². The van der Waals surface area contributed by atoms with Crippen LogP contribution in [0.5, 0.6) is 0 Å². The number of carbonyl (C=O) groups is 1. The molecular formula is C14H14N4O2S. The highest BCUT2D eigenvalue weighted by atomic mass is 32.2. The van der Waals surface area contributed by atoms with Gasteiger partial charge < -0.3 is 9.72 Å². The smallest absolute Gasteiger partial charge is 0.319 e. The minimum absolute atomic E-state index is 0.275. The molecule has 1 unspecified atom stereocenters. The summed E-state index contributed by atoms with van der Waals surface area (Å²) in [7, 11) is 0. The van der Waals surface area contributed by atoms with Crippen molar-refractivity contribution in [3.63, 3.8) is 0 Å². The van der Waals surface area contributed by atoms with E-state index in [9.17, 15) is 4.79 Å². The molecule has 1 aromatic carbocycles. The Morgan fingerprint density at radius 2 is 2.19 bits per heavy atom. The van der Waals surface area contributed by atoms with Gasteiger partial charge in [0.05, 0.1) is 6.61 Å². The molecule has 0 saturated carbocycles. The first-order chi connectivity index (χ1) is 10.2. The molecule has 2 aromatic heterocycles. The highest BCUT2D eigenvalue weighted by Gasteiger charge is 2.18. The fraction of sp³-hybridized carbons (Fsp3) is 0.286. The van der Waals surface area contributed by atoms with E-state index in [0.29, 0.717) is 17.4 Å². The first-order valence-corrected chi connectivity index (χ1v) is 7.51. The number of rotatable bonds is 4. The van der Waals surface area contributed by atoms with Gasteiger partial charge in [-0.3, -0.25) is 4.79 Å². The van der Waals surface area contributed by atoms with Gasteiger partial charge in [0.25, 0.3) is 0 Å². The van der Waals surface area contributed by atoms with Gasteiger partial charge in [-0.15, -0.1) is 10.2 Å². The predicted octanol–water partition coefficient (Wildman–Crippen LogP) is 2.55. The van der Waals surface area contributed by atoms with Gasteiger partial charge in [-0.05, 0) is 19.9 Å². The van der Waals surface area contributed by atoms with E-state index in [-0.39, 0.29) is 11.2 Å². The summed E-state index contributed by atoms with van der Waals surface area (Å²) in [5, 5.41) is 9.37. The van der Waals surface area contributed by atoms with Gasteiger partial charge in [0, 0.05) is 10.9 Å². The van der Waals surface area contributed by atoms with Crippen molar-refractivity contribution in [2.75, 3.05) is 6.61 Å². The van der Waals surface area contributed by atoms with Crippen LogP contribution in [0.3, 0.4) is 0 Å². The average Bonchev–Trinajstić information content (AvgIpc) is 2.85. The zero-order chi connectivity index (χ0) is 14.8. The number of para-hydroxylation sites is 1. The molecule has 0 aliphatic rings. The highest BCUT2D eigenvalue weighted by Crippen LogP contribution is 2.25. The second-order valence-electron chi connectivity index (χ2n) is 4.47. The van der Waals surface area contributed by atoms with E-state index in [1.807, 2.05) is 24.3 Å². The number of hydrogen-bond acceptors (Lipinski definition) is 6.